The molecule has 0 bridgehead atoms. The van der Waals surface area contributed by atoms with Gasteiger partial charge in [-0.3, -0.25) is 4.72 Å². The van der Waals surface area contributed by atoms with Crippen LogP contribution in [0.15, 0.2) is 23.1 Å². The van der Waals surface area contributed by atoms with Gasteiger partial charge in [0.1, 0.15) is 5.82 Å². The fourth-order valence-corrected chi connectivity index (χ4v) is 3.07. The Balaban J connectivity index is 2.92. The topological polar surface area (TPSA) is 118 Å². The maximum absolute atomic E-state index is 13.7. The molecular weight excluding hydrogens is 321 g/mol. The highest BCUT2D eigenvalue weighted by molar-refractivity contribution is 7.92. The Kier molecular flexibility index (Phi) is 5.68. The number of hydrogen-bond acceptors (Lipinski definition) is 5. The van der Waals surface area contributed by atoms with Crippen LogP contribution in [0.3, 0.4) is 0 Å². The molecule has 0 aliphatic heterocycles. The van der Waals surface area contributed by atoms with Crippen LogP contribution in [0.4, 0.5) is 10.1 Å². The molecule has 0 aromatic heterocycles. The van der Waals surface area contributed by atoms with E-state index in [2.05, 4.69) is 4.72 Å². The molecule has 0 fully saturated rings. The highest BCUT2D eigenvalue weighted by Crippen LogP contribution is 2.19. The zero-order chi connectivity index (χ0) is 16.3. The van der Waals surface area contributed by atoms with Crippen molar-refractivity contribution in [3.63, 3.8) is 0 Å². The van der Waals surface area contributed by atoms with E-state index in [0.717, 1.165) is 24.5 Å². The van der Waals surface area contributed by atoms with Gasteiger partial charge in [-0.05, 0) is 31.5 Å². The molecule has 21 heavy (non-hydrogen) atoms. The van der Waals surface area contributed by atoms with Crippen molar-refractivity contribution in [3.8, 4) is 0 Å². The van der Waals surface area contributed by atoms with Crippen molar-refractivity contribution in [1.29, 1.82) is 0 Å². The van der Waals surface area contributed by atoms with Gasteiger partial charge in [0.2, 0.25) is 20.0 Å². The van der Waals surface area contributed by atoms with Crippen molar-refractivity contribution < 1.29 is 21.2 Å². The maximum Gasteiger partial charge on any atom is 0.240 e. The SMILES string of the molecule is CC(N)CCNS(=O)(=O)c1ccc(NS(C)(=O)=O)c(F)c1. The molecule has 7 nitrogen and oxygen atoms in total. The molecule has 0 spiro atoms. The average Bonchev–Trinajstić information content (AvgIpc) is 2.29. The third kappa shape index (κ3) is 5.96. The van der Waals surface area contributed by atoms with Crippen LogP contribution in [0.25, 0.3) is 0 Å². The Labute approximate surface area is 123 Å². The molecule has 0 heterocycles. The van der Waals surface area contributed by atoms with Crippen LogP contribution in [-0.2, 0) is 20.0 Å². The van der Waals surface area contributed by atoms with Gasteiger partial charge in [-0.25, -0.2) is 25.9 Å². The first-order valence-corrected chi connectivity index (χ1v) is 9.41. The molecule has 10 heteroatoms. The summed E-state index contributed by atoms with van der Waals surface area (Å²) in [5.74, 6) is -0.976. The third-order valence-corrected chi connectivity index (χ3v) is 4.49. The highest BCUT2D eigenvalue weighted by Gasteiger charge is 2.17. The van der Waals surface area contributed by atoms with E-state index in [1.54, 1.807) is 6.92 Å². The van der Waals surface area contributed by atoms with Crippen molar-refractivity contribution in [2.75, 3.05) is 17.5 Å². The second-order valence-electron chi connectivity index (χ2n) is 4.68. The van der Waals surface area contributed by atoms with Crippen molar-refractivity contribution in [2.45, 2.75) is 24.3 Å². The number of hydrogen-bond donors (Lipinski definition) is 3. The predicted molar refractivity (Wildman–Crippen MR) is 78.3 cm³/mol. The molecule has 1 aromatic carbocycles. The van der Waals surface area contributed by atoms with Gasteiger partial charge < -0.3 is 5.73 Å². The van der Waals surface area contributed by atoms with Crippen LogP contribution >= 0.6 is 0 Å². The first-order chi connectivity index (χ1) is 9.51. The van der Waals surface area contributed by atoms with Crippen LogP contribution in [0.2, 0.25) is 0 Å². The lowest BCUT2D eigenvalue weighted by Crippen LogP contribution is -2.29. The molecule has 1 rings (SSSR count). The second-order valence-corrected chi connectivity index (χ2v) is 8.20. The molecule has 0 saturated heterocycles. The largest absolute Gasteiger partial charge is 0.328 e. The minimum Gasteiger partial charge on any atom is -0.328 e. The van der Waals surface area contributed by atoms with E-state index >= 15 is 0 Å². The van der Waals surface area contributed by atoms with Gasteiger partial charge in [-0.1, -0.05) is 0 Å². The molecule has 1 unspecified atom stereocenters. The Morgan fingerprint density at radius 2 is 1.90 bits per heavy atom. The molecule has 0 radical (unpaired) electrons. The second kappa shape index (κ2) is 6.69. The summed E-state index contributed by atoms with van der Waals surface area (Å²) in [5, 5.41) is 0. The highest BCUT2D eigenvalue weighted by atomic mass is 32.2. The smallest absolute Gasteiger partial charge is 0.240 e. The fraction of sp³-hybridized carbons (Fsp3) is 0.455. The van der Waals surface area contributed by atoms with Crippen LogP contribution in [-0.4, -0.2) is 35.7 Å². The minimum absolute atomic E-state index is 0.130. The van der Waals surface area contributed by atoms with Crippen LogP contribution in [0.1, 0.15) is 13.3 Å². The van der Waals surface area contributed by atoms with Crippen molar-refractivity contribution in [1.82, 2.24) is 4.72 Å². The summed E-state index contributed by atoms with van der Waals surface area (Å²) < 4.78 is 63.8. The quantitative estimate of drug-likeness (QED) is 0.656. The Bertz CT molecular complexity index is 702. The normalized spacial score (nSPS) is 13.9. The van der Waals surface area contributed by atoms with Gasteiger partial charge >= 0.3 is 0 Å². The van der Waals surface area contributed by atoms with Gasteiger partial charge in [0.15, 0.2) is 0 Å². The summed E-state index contributed by atoms with van der Waals surface area (Å²) in [6.07, 6.45) is 1.31. The first-order valence-electron chi connectivity index (χ1n) is 6.04. The third-order valence-electron chi connectivity index (χ3n) is 2.44. The molecule has 4 N–H and O–H groups in total. The summed E-state index contributed by atoms with van der Waals surface area (Å²) >= 11 is 0. The lowest BCUT2D eigenvalue weighted by molar-refractivity contribution is 0.569. The Morgan fingerprint density at radius 1 is 1.29 bits per heavy atom. The summed E-state index contributed by atoms with van der Waals surface area (Å²) in [7, 11) is -7.50. The standard InChI is InChI=1S/C11H18FN3O4S2/c1-8(13)5-6-14-21(18,19)9-3-4-11(10(12)7-9)15-20(2,16)17/h3-4,7-8,14-15H,5-6,13H2,1-2H3. The first kappa shape index (κ1) is 17.8. The van der Waals surface area contributed by atoms with Crippen LogP contribution in [0.5, 0.6) is 0 Å². The summed E-state index contributed by atoms with van der Waals surface area (Å²) in [5.41, 5.74) is 5.19. The number of sulfonamides is 2. The van der Waals surface area contributed by atoms with Crippen molar-refractivity contribution in [3.05, 3.63) is 24.0 Å². The molecule has 0 amide bonds. The van der Waals surface area contributed by atoms with E-state index in [4.69, 9.17) is 5.73 Å². The van der Waals surface area contributed by atoms with E-state index in [1.165, 1.54) is 0 Å². The van der Waals surface area contributed by atoms with Crippen molar-refractivity contribution in [2.24, 2.45) is 5.73 Å². The monoisotopic (exact) mass is 339 g/mol. The average molecular weight is 339 g/mol. The molecule has 1 atom stereocenters. The zero-order valence-corrected chi connectivity index (χ0v) is 13.3. The number of benzene rings is 1. The summed E-state index contributed by atoms with van der Waals surface area (Å²) in [6.45, 7) is 1.87. The minimum atomic E-state index is -3.86. The van der Waals surface area contributed by atoms with Gasteiger partial charge in [-0.2, -0.15) is 0 Å². The number of rotatable bonds is 7. The molecule has 0 saturated carbocycles. The van der Waals surface area contributed by atoms with Crippen molar-refractivity contribution >= 4 is 25.7 Å². The van der Waals surface area contributed by atoms with E-state index in [9.17, 15) is 21.2 Å². The van der Waals surface area contributed by atoms with Gasteiger partial charge in [0, 0.05) is 12.6 Å². The number of anilines is 1. The summed E-state index contributed by atoms with van der Waals surface area (Å²) in [4.78, 5) is -0.288. The van der Waals surface area contributed by atoms with Gasteiger partial charge in [0.05, 0.1) is 16.8 Å². The molecule has 0 aliphatic rings. The van der Waals surface area contributed by atoms with E-state index < -0.39 is 25.9 Å². The Morgan fingerprint density at radius 3 is 2.38 bits per heavy atom. The molecule has 0 aliphatic carbocycles. The van der Waals surface area contributed by atoms with E-state index in [1.807, 2.05) is 4.72 Å². The number of nitrogens with one attached hydrogen (secondary N) is 2. The lowest BCUT2D eigenvalue weighted by atomic mass is 10.3. The van der Waals surface area contributed by atoms with Crippen LogP contribution in [0, 0.1) is 5.82 Å². The number of halogens is 1. The number of nitrogens with two attached hydrogens (primary N) is 1. The molecule has 120 valence electrons. The molecule has 1 aromatic rings. The van der Waals surface area contributed by atoms with Gasteiger partial charge in [0.25, 0.3) is 0 Å². The van der Waals surface area contributed by atoms with E-state index in [0.29, 0.717) is 6.42 Å². The summed E-state index contributed by atoms with van der Waals surface area (Å²) in [6, 6.07) is 2.76. The molecular formula is C11H18FN3O4S2. The fourth-order valence-electron chi connectivity index (χ4n) is 1.45. The van der Waals surface area contributed by atoms with E-state index in [-0.39, 0.29) is 23.2 Å². The van der Waals surface area contributed by atoms with Crippen LogP contribution < -0.4 is 15.2 Å². The lowest BCUT2D eigenvalue weighted by Gasteiger charge is -2.10. The Hall–Kier alpha value is -1.23. The maximum atomic E-state index is 13.7. The zero-order valence-electron chi connectivity index (χ0n) is 11.6. The predicted octanol–water partition coefficient (Wildman–Crippen LogP) is 0.213. The van der Waals surface area contributed by atoms with Gasteiger partial charge in [-0.15, -0.1) is 0 Å².